The average molecular weight is 235 g/mol. The smallest absolute Gasteiger partial charge is 0.122 e. The Morgan fingerprint density at radius 1 is 1.12 bits per heavy atom. The number of rotatable bonds is 8. The molecule has 0 aliphatic carbocycles. The lowest BCUT2D eigenvalue weighted by molar-refractivity contribution is 0.306. The van der Waals surface area contributed by atoms with Gasteiger partial charge in [0.1, 0.15) is 5.75 Å². The summed E-state index contributed by atoms with van der Waals surface area (Å²) in [5.41, 5.74) is 2.47. The van der Waals surface area contributed by atoms with Gasteiger partial charge in [-0.05, 0) is 57.0 Å². The highest BCUT2D eigenvalue weighted by Crippen LogP contribution is 2.18. The molecule has 0 radical (unpaired) electrons. The van der Waals surface area contributed by atoms with Crippen molar-refractivity contribution in [2.24, 2.45) is 0 Å². The van der Waals surface area contributed by atoms with Crippen molar-refractivity contribution in [2.75, 3.05) is 19.7 Å². The Kier molecular flexibility index (Phi) is 6.71. The summed E-state index contributed by atoms with van der Waals surface area (Å²) in [7, 11) is 0. The Labute approximate surface area is 105 Å². The summed E-state index contributed by atoms with van der Waals surface area (Å²) >= 11 is 0. The lowest BCUT2D eigenvalue weighted by atomic mass is 10.1. The second-order valence-electron chi connectivity index (χ2n) is 4.57. The van der Waals surface area contributed by atoms with E-state index in [4.69, 9.17) is 4.74 Å². The zero-order chi connectivity index (χ0) is 12.5. The summed E-state index contributed by atoms with van der Waals surface area (Å²) < 4.78 is 5.78. The quantitative estimate of drug-likeness (QED) is 0.697. The van der Waals surface area contributed by atoms with Crippen LogP contribution in [0.25, 0.3) is 0 Å². The number of ether oxygens (including phenoxy) is 1. The van der Waals surface area contributed by atoms with E-state index < -0.39 is 0 Å². The highest BCUT2D eigenvalue weighted by atomic mass is 16.5. The minimum atomic E-state index is 0.795. The summed E-state index contributed by atoms with van der Waals surface area (Å²) in [6.45, 7) is 9.37. The van der Waals surface area contributed by atoms with E-state index in [1.165, 1.54) is 24.0 Å². The molecule has 0 spiro atoms. The van der Waals surface area contributed by atoms with Crippen LogP contribution in [0, 0.1) is 13.8 Å². The summed E-state index contributed by atoms with van der Waals surface area (Å²) in [6.07, 6.45) is 3.58. The van der Waals surface area contributed by atoms with Gasteiger partial charge in [-0.2, -0.15) is 0 Å². The number of hydrogen-bond donors (Lipinski definition) is 1. The summed E-state index contributed by atoms with van der Waals surface area (Å²) in [5, 5.41) is 3.42. The molecule has 0 fully saturated rings. The van der Waals surface area contributed by atoms with Crippen molar-refractivity contribution in [3.05, 3.63) is 29.3 Å². The molecule has 0 aliphatic rings. The first-order chi connectivity index (χ1) is 8.24. The third-order valence-electron chi connectivity index (χ3n) is 2.81. The van der Waals surface area contributed by atoms with Gasteiger partial charge in [0, 0.05) is 0 Å². The fourth-order valence-corrected chi connectivity index (χ4v) is 1.67. The van der Waals surface area contributed by atoms with Crippen molar-refractivity contribution in [2.45, 2.75) is 40.0 Å². The van der Waals surface area contributed by atoms with Gasteiger partial charge < -0.3 is 10.1 Å². The third kappa shape index (κ3) is 5.73. The zero-order valence-corrected chi connectivity index (χ0v) is 11.4. The van der Waals surface area contributed by atoms with E-state index >= 15 is 0 Å². The molecule has 2 heteroatoms. The maximum atomic E-state index is 5.78. The van der Waals surface area contributed by atoms with E-state index in [9.17, 15) is 0 Å². The van der Waals surface area contributed by atoms with Gasteiger partial charge in [-0.15, -0.1) is 0 Å². The lowest BCUT2D eigenvalue weighted by Crippen LogP contribution is -2.18. The fourth-order valence-electron chi connectivity index (χ4n) is 1.67. The second-order valence-corrected chi connectivity index (χ2v) is 4.57. The van der Waals surface area contributed by atoms with Crippen LogP contribution in [-0.4, -0.2) is 19.7 Å². The molecule has 0 bridgehead atoms. The third-order valence-corrected chi connectivity index (χ3v) is 2.81. The van der Waals surface area contributed by atoms with Gasteiger partial charge in [-0.3, -0.25) is 0 Å². The first-order valence-corrected chi connectivity index (χ1v) is 6.65. The molecule has 1 rings (SSSR count). The molecule has 1 aromatic rings. The van der Waals surface area contributed by atoms with Crippen LogP contribution in [0.5, 0.6) is 5.75 Å². The molecule has 96 valence electrons. The van der Waals surface area contributed by atoms with E-state index in [0.717, 1.165) is 31.9 Å². The van der Waals surface area contributed by atoms with E-state index in [2.05, 4.69) is 44.3 Å². The monoisotopic (exact) mass is 235 g/mol. The van der Waals surface area contributed by atoms with Gasteiger partial charge in [0.25, 0.3) is 0 Å². The van der Waals surface area contributed by atoms with Crippen LogP contribution >= 0.6 is 0 Å². The van der Waals surface area contributed by atoms with Crippen LogP contribution in [0.15, 0.2) is 18.2 Å². The topological polar surface area (TPSA) is 21.3 Å². The molecule has 0 heterocycles. The molecular formula is C15H25NO. The zero-order valence-electron chi connectivity index (χ0n) is 11.4. The second kappa shape index (κ2) is 8.13. The first kappa shape index (κ1) is 14.0. The molecule has 0 aromatic heterocycles. The Hall–Kier alpha value is -1.02. The Balaban J connectivity index is 2.15. The molecule has 0 atom stereocenters. The summed E-state index contributed by atoms with van der Waals surface area (Å²) in [4.78, 5) is 0. The molecule has 1 N–H and O–H groups in total. The Bertz CT molecular complexity index is 323. The van der Waals surface area contributed by atoms with Crippen LogP contribution in [0.1, 0.15) is 37.3 Å². The molecule has 0 saturated carbocycles. The molecule has 0 amide bonds. The van der Waals surface area contributed by atoms with Gasteiger partial charge in [-0.25, -0.2) is 0 Å². The van der Waals surface area contributed by atoms with Crippen LogP contribution in [0.2, 0.25) is 0 Å². The largest absolute Gasteiger partial charge is 0.493 e. The van der Waals surface area contributed by atoms with Crippen LogP contribution in [0.3, 0.4) is 0 Å². The van der Waals surface area contributed by atoms with Crippen LogP contribution in [-0.2, 0) is 0 Å². The van der Waals surface area contributed by atoms with E-state index in [-0.39, 0.29) is 0 Å². The van der Waals surface area contributed by atoms with Crippen molar-refractivity contribution < 1.29 is 4.74 Å². The first-order valence-electron chi connectivity index (χ1n) is 6.65. The van der Waals surface area contributed by atoms with E-state index in [1.54, 1.807) is 0 Å². The molecule has 2 nitrogen and oxygen atoms in total. The van der Waals surface area contributed by atoms with Crippen molar-refractivity contribution in [1.29, 1.82) is 0 Å². The fraction of sp³-hybridized carbons (Fsp3) is 0.600. The molecule has 0 unspecified atom stereocenters. The van der Waals surface area contributed by atoms with E-state index in [0.29, 0.717) is 0 Å². The van der Waals surface area contributed by atoms with Gasteiger partial charge in [0.05, 0.1) is 6.61 Å². The minimum absolute atomic E-state index is 0.795. The Morgan fingerprint density at radius 3 is 2.65 bits per heavy atom. The van der Waals surface area contributed by atoms with Gasteiger partial charge in [0.2, 0.25) is 0 Å². The van der Waals surface area contributed by atoms with Crippen LogP contribution < -0.4 is 10.1 Å². The van der Waals surface area contributed by atoms with Crippen molar-refractivity contribution in [1.82, 2.24) is 5.32 Å². The standard InChI is InChI=1S/C15H25NO/c1-4-5-9-16-10-6-11-17-15-12-13(2)7-8-14(15)3/h7-8,12,16H,4-6,9-11H2,1-3H3. The predicted molar refractivity (Wildman–Crippen MR) is 73.8 cm³/mol. The molecule has 1 aromatic carbocycles. The van der Waals surface area contributed by atoms with Crippen molar-refractivity contribution in [3.8, 4) is 5.75 Å². The Morgan fingerprint density at radius 2 is 1.88 bits per heavy atom. The molecule has 0 saturated heterocycles. The number of nitrogens with one attached hydrogen (secondary N) is 1. The highest BCUT2D eigenvalue weighted by molar-refractivity contribution is 5.35. The number of unbranched alkanes of at least 4 members (excludes halogenated alkanes) is 1. The molecule has 17 heavy (non-hydrogen) atoms. The predicted octanol–water partition coefficient (Wildman–Crippen LogP) is 3.46. The highest BCUT2D eigenvalue weighted by Gasteiger charge is 1.99. The van der Waals surface area contributed by atoms with Crippen molar-refractivity contribution in [3.63, 3.8) is 0 Å². The van der Waals surface area contributed by atoms with Crippen molar-refractivity contribution >= 4 is 0 Å². The molecule has 0 aliphatic heterocycles. The van der Waals surface area contributed by atoms with Gasteiger partial charge >= 0.3 is 0 Å². The average Bonchev–Trinajstić information content (AvgIpc) is 2.32. The maximum Gasteiger partial charge on any atom is 0.122 e. The molecular weight excluding hydrogens is 210 g/mol. The summed E-state index contributed by atoms with van der Waals surface area (Å²) in [5.74, 6) is 1.03. The SMILES string of the molecule is CCCCNCCCOc1cc(C)ccc1C. The van der Waals surface area contributed by atoms with Crippen LogP contribution in [0.4, 0.5) is 0 Å². The van der Waals surface area contributed by atoms with Gasteiger partial charge in [0.15, 0.2) is 0 Å². The van der Waals surface area contributed by atoms with E-state index in [1.807, 2.05) is 0 Å². The normalized spacial score (nSPS) is 10.5. The number of benzene rings is 1. The van der Waals surface area contributed by atoms with Gasteiger partial charge in [-0.1, -0.05) is 25.5 Å². The lowest BCUT2D eigenvalue weighted by Gasteiger charge is -2.10. The number of aryl methyl sites for hydroxylation is 2. The number of hydrogen-bond acceptors (Lipinski definition) is 2. The maximum absolute atomic E-state index is 5.78. The summed E-state index contributed by atoms with van der Waals surface area (Å²) in [6, 6.07) is 6.35. The minimum Gasteiger partial charge on any atom is -0.493 e.